The maximum atomic E-state index is 11.0. The average Bonchev–Trinajstić information content (AvgIpc) is 1.61. The van der Waals surface area contributed by atoms with Crippen molar-refractivity contribution in [1.82, 2.24) is 0 Å². The molecule has 620 valence electrons. The molecule has 1 aromatic rings. The predicted octanol–water partition coefficient (Wildman–Crippen LogP) is 4.31. The minimum absolute atomic E-state index is 0. The molecule has 105 heavy (non-hydrogen) atoms. The summed E-state index contributed by atoms with van der Waals surface area (Å²) in [6.45, 7) is 28.2. The molecule has 2 rings (SSSR count). The number of aliphatic hydroxyl groups excluding tert-OH is 1. The number of hydrogen-bond donors (Lipinski definition) is 24. The highest BCUT2D eigenvalue weighted by Crippen LogP contribution is 2.29. The molecular formula is C69H140N12O13S11. The summed E-state index contributed by atoms with van der Waals surface area (Å²) in [7, 11) is 0. The van der Waals surface area contributed by atoms with Gasteiger partial charge in [0.1, 0.15) is 63.6 Å². The molecule has 1 aliphatic carbocycles. The third-order valence-electron chi connectivity index (χ3n) is 14.6. The first-order chi connectivity index (χ1) is 47.3. The van der Waals surface area contributed by atoms with Gasteiger partial charge in [0, 0.05) is 48.4 Å². The van der Waals surface area contributed by atoms with E-state index in [9.17, 15) is 57.5 Å². The highest BCUT2D eigenvalue weighted by atomic mass is 32.1. The van der Waals surface area contributed by atoms with Crippen LogP contribution < -0.4 is 68.8 Å². The lowest BCUT2D eigenvalue weighted by molar-refractivity contribution is -0.121. The van der Waals surface area contributed by atoms with E-state index in [0.717, 1.165) is 31.2 Å². The molecule has 0 bridgehead atoms. The van der Waals surface area contributed by atoms with Crippen molar-refractivity contribution in [3.05, 3.63) is 35.9 Å². The standard InChI is InChI=1S/C10H13NOS.C7H16N2OS.C7H15NOS.C7H12OS.C6H12N2O2S.2C6H13NOS.C5H11NO2S.2C5H11NOS.C4H9NOS.CH4/c1-7(12)9(11)10(13)8-5-3-2-4-6-8;1-5(10)7(9)4-6(11)2-3-8;1-4(2)7(10)6(8)5(3)9;1-5(8)6-2-3-7(9)4-6;1-3(9)4(7)2-5(11)6(8)10;1-4(8)5(7)6(2,3)9;1-4(3-9)6(7)5(2)8;1-3(7)5(6)4(8)2-9;1-4(7)5(6)2-3-8;1-3(7)5(6)4(2)8;1-3(6)4(5)2-7;/h2-6,9-10,13H,11H2,1H3;6-7,11H,2-4,8-9H2,1H3;4,6-7,10H,8H2,1-3H3;6-7,9H,2-4H2,1H3;4-5,11H,2,7H2,1H3,(H2,8,10);5,9H,7H2,1-3H3;4,6,9H,3,7H2,1-2H3;4-5,8-9H,2,6H2,1H3;5,8H,2-3,6H2,1H3;4-5,8H,6H2,1-2H3;4,7H,2,5H2,1H3;1H4. The number of aliphatic hydroxyl groups is 1. The van der Waals surface area contributed by atoms with Gasteiger partial charge in [-0.3, -0.25) is 57.5 Å². The summed E-state index contributed by atoms with van der Waals surface area (Å²) in [5.41, 5.74) is 65.3. The number of nitrogens with two attached hydrogens (primary N) is 12. The number of Topliss-reactive ketones (excluding diaryl/α,β-unsaturated/α-hetero) is 11. The van der Waals surface area contributed by atoms with Crippen molar-refractivity contribution in [3.63, 3.8) is 0 Å². The Kier molecular flexibility index (Phi) is 86.0. The van der Waals surface area contributed by atoms with Crippen LogP contribution in [0.25, 0.3) is 0 Å². The summed E-state index contributed by atoms with van der Waals surface area (Å²) in [5, 5.41) is 8.62. The molecule has 0 radical (unpaired) electrons. The second kappa shape index (κ2) is 72.7. The maximum Gasteiger partial charge on any atom is 0.230 e. The van der Waals surface area contributed by atoms with Crippen molar-refractivity contribution in [2.45, 2.75) is 273 Å². The van der Waals surface area contributed by atoms with Crippen molar-refractivity contribution < 1.29 is 62.6 Å². The second-order valence-electron chi connectivity index (χ2n) is 25.6. The molecule has 1 aromatic carbocycles. The van der Waals surface area contributed by atoms with Crippen LogP contribution in [0.15, 0.2) is 30.3 Å². The van der Waals surface area contributed by atoms with Crippen LogP contribution in [0.2, 0.25) is 0 Å². The number of carbonyl (C=O) groups excluding carboxylic acids is 12. The van der Waals surface area contributed by atoms with Gasteiger partial charge in [0.2, 0.25) is 5.91 Å². The topological polar surface area (TPSA) is 537 Å². The van der Waals surface area contributed by atoms with Crippen molar-refractivity contribution in [2.75, 3.05) is 29.6 Å². The van der Waals surface area contributed by atoms with Crippen molar-refractivity contribution in [3.8, 4) is 0 Å². The lowest BCUT2D eigenvalue weighted by Gasteiger charge is -2.22. The quantitative estimate of drug-likeness (QED) is 0.0461. The Hall–Kier alpha value is -1.57. The molecule has 19 unspecified atom stereocenters. The SMILES string of the molecule is C.CC(=O)C(N)C(C)(C)S.CC(=O)C(N)C(C)CS.CC(=O)C(N)C(C)S.CC(=O)C(N)C(O)CS.CC(=O)C(N)C(S)C(C)C.CC(=O)C(N)C(S)c1ccccc1.CC(=O)C(N)CC(S)C(N)=O.CC(=O)C(N)CC(S)CCN.CC(=O)C(N)CCS.CC(=O)C(N)CS.CC(=O)C1CCC(S)C1. The van der Waals surface area contributed by atoms with E-state index >= 15 is 0 Å². The number of rotatable bonds is 31. The Labute approximate surface area is 690 Å². The number of carbonyl (C=O) groups is 12. The molecule has 1 aliphatic rings. The first-order valence-electron chi connectivity index (χ1n) is 33.3. The van der Waals surface area contributed by atoms with Gasteiger partial charge in [0.15, 0.2) is 0 Å². The summed E-state index contributed by atoms with van der Waals surface area (Å²) in [6.07, 6.45) is 4.67. The summed E-state index contributed by atoms with van der Waals surface area (Å²) in [5.74, 6) is 2.32. The Bertz CT molecular complexity index is 2500. The van der Waals surface area contributed by atoms with E-state index in [1.54, 1.807) is 13.8 Å². The number of primary amides is 1. The second-order valence-corrected chi connectivity index (χ2v) is 32.4. The fourth-order valence-corrected chi connectivity index (χ4v) is 9.54. The largest absolute Gasteiger partial charge is 0.390 e. The van der Waals surface area contributed by atoms with Crippen LogP contribution in [-0.4, -0.2) is 202 Å². The van der Waals surface area contributed by atoms with Gasteiger partial charge in [-0.15, -0.1) is 0 Å². The zero-order valence-electron chi connectivity index (χ0n) is 64.1. The van der Waals surface area contributed by atoms with Crippen LogP contribution in [0.5, 0.6) is 0 Å². The summed E-state index contributed by atoms with van der Waals surface area (Å²) < 4.78 is -0.397. The molecule has 36 heteroatoms. The van der Waals surface area contributed by atoms with Crippen molar-refractivity contribution >= 4 is 208 Å². The Morgan fingerprint density at radius 3 is 1.08 bits per heavy atom. The number of benzene rings is 1. The monoisotopic (exact) mass is 1700 g/mol. The van der Waals surface area contributed by atoms with Crippen LogP contribution in [0.1, 0.15) is 181 Å². The zero-order valence-corrected chi connectivity index (χ0v) is 74.0. The molecule has 0 aliphatic heterocycles. The highest BCUT2D eigenvalue weighted by Gasteiger charge is 2.27. The van der Waals surface area contributed by atoms with E-state index in [1.807, 2.05) is 65.0 Å². The van der Waals surface area contributed by atoms with E-state index in [-0.39, 0.29) is 129 Å². The van der Waals surface area contributed by atoms with Gasteiger partial charge in [-0.1, -0.05) is 65.5 Å². The minimum atomic E-state index is -0.814. The van der Waals surface area contributed by atoms with E-state index in [1.165, 1.54) is 69.2 Å². The Balaban J connectivity index is -0.000000119. The molecule has 19 atom stereocenters. The molecule has 0 heterocycles. The van der Waals surface area contributed by atoms with Gasteiger partial charge in [-0.05, 0) is 170 Å². The van der Waals surface area contributed by atoms with Crippen LogP contribution in [0.3, 0.4) is 0 Å². The van der Waals surface area contributed by atoms with Gasteiger partial charge in [0.05, 0.1) is 71.8 Å². The molecular weight excluding hydrogens is 1560 g/mol. The molecule has 25 nitrogen and oxygen atoms in total. The smallest absolute Gasteiger partial charge is 0.230 e. The van der Waals surface area contributed by atoms with Gasteiger partial charge >= 0.3 is 0 Å². The van der Waals surface area contributed by atoms with E-state index < -0.39 is 58.3 Å². The van der Waals surface area contributed by atoms with E-state index in [2.05, 4.69) is 139 Å². The summed E-state index contributed by atoms with van der Waals surface area (Å²) in [6, 6.07) is 4.99. The van der Waals surface area contributed by atoms with Crippen LogP contribution >= 0.6 is 139 Å². The van der Waals surface area contributed by atoms with E-state index in [0.29, 0.717) is 59.5 Å². The molecule has 25 N–H and O–H groups in total. The predicted molar refractivity (Wildman–Crippen MR) is 474 cm³/mol. The van der Waals surface area contributed by atoms with E-state index in [4.69, 9.17) is 73.9 Å². The summed E-state index contributed by atoms with van der Waals surface area (Å²) >= 11 is 44.5. The average molecular weight is 1700 g/mol. The summed E-state index contributed by atoms with van der Waals surface area (Å²) in [4.78, 5) is 127. The van der Waals surface area contributed by atoms with Crippen LogP contribution in [0.4, 0.5) is 0 Å². The number of amides is 1. The molecule has 1 saturated carbocycles. The highest BCUT2D eigenvalue weighted by molar-refractivity contribution is 7.82. The van der Waals surface area contributed by atoms with Crippen LogP contribution in [-0.2, 0) is 57.5 Å². The Morgan fingerprint density at radius 2 is 0.895 bits per heavy atom. The lowest BCUT2D eigenvalue weighted by Crippen LogP contribution is -2.44. The lowest BCUT2D eigenvalue weighted by atomic mass is 10.0. The minimum Gasteiger partial charge on any atom is -0.390 e. The number of thiol groups is 11. The van der Waals surface area contributed by atoms with Gasteiger partial charge in [-0.25, -0.2) is 0 Å². The number of hydrogen-bond acceptors (Lipinski definition) is 35. The molecule has 1 fully saturated rings. The molecule has 1 amide bonds. The third kappa shape index (κ3) is 74.9. The zero-order chi connectivity index (χ0) is 84.6. The fraction of sp³-hybridized carbons (Fsp3) is 0.739. The normalized spacial score (nSPS) is 17.2. The van der Waals surface area contributed by atoms with Crippen LogP contribution in [0, 0.1) is 17.8 Å². The fourth-order valence-electron chi connectivity index (χ4n) is 6.56. The van der Waals surface area contributed by atoms with Gasteiger partial charge in [0.25, 0.3) is 0 Å². The van der Waals surface area contributed by atoms with Crippen molar-refractivity contribution in [1.29, 1.82) is 0 Å². The maximum absolute atomic E-state index is 11.0. The molecule has 0 spiro atoms. The van der Waals surface area contributed by atoms with Crippen molar-refractivity contribution in [2.24, 2.45) is 86.6 Å². The molecule has 0 aromatic heterocycles. The number of ketones is 11. The van der Waals surface area contributed by atoms with Gasteiger partial charge in [-0.2, -0.15) is 139 Å². The molecule has 0 saturated heterocycles. The first kappa shape index (κ1) is 124. The van der Waals surface area contributed by atoms with Gasteiger partial charge < -0.3 is 73.9 Å². The third-order valence-corrected chi connectivity index (χ3v) is 19.8. The Morgan fingerprint density at radius 1 is 0.505 bits per heavy atom. The first-order valence-corrected chi connectivity index (χ1v) is 39.4.